The maximum absolute atomic E-state index is 5.76. The van der Waals surface area contributed by atoms with Crippen LogP contribution in [0.3, 0.4) is 0 Å². The first-order valence-corrected chi connectivity index (χ1v) is 9.91. The molecule has 154 valence electrons. The Hall–Kier alpha value is -2.54. The molecular weight excluding hydrogens is 356 g/mol. The Balaban J connectivity index is 1.84. The van der Waals surface area contributed by atoms with Gasteiger partial charge in [0.1, 0.15) is 11.5 Å². The molecule has 1 aromatic heterocycles. The summed E-state index contributed by atoms with van der Waals surface area (Å²) in [5.41, 5.74) is 3.11. The van der Waals surface area contributed by atoms with Crippen LogP contribution in [0.1, 0.15) is 43.4 Å². The Morgan fingerprint density at radius 3 is 2.68 bits per heavy atom. The van der Waals surface area contributed by atoms with Crippen molar-refractivity contribution in [2.24, 2.45) is 4.99 Å². The molecule has 0 saturated carbocycles. The van der Waals surface area contributed by atoms with Crippen molar-refractivity contribution >= 4 is 5.96 Å². The number of methoxy groups -OCH3 is 1. The van der Waals surface area contributed by atoms with Crippen molar-refractivity contribution in [3.63, 3.8) is 0 Å². The van der Waals surface area contributed by atoms with E-state index in [1.165, 1.54) is 0 Å². The summed E-state index contributed by atoms with van der Waals surface area (Å²) in [5, 5.41) is 10.7. The van der Waals surface area contributed by atoms with Gasteiger partial charge >= 0.3 is 0 Å². The van der Waals surface area contributed by atoms with E-state index in [9.17, 15) is 0 Å². The second kappa shape index (κ2) is 12.0. The first-order valence-electron chi connectivity index (χ1n) is 9.91. The molecule has 0 amide bonds. The minimum Gasteiger partial charge on any atom is -0.496 e. The number of para-hydroxylation sites is 1. The molecule has 0 spiro atoms. The molecule has 0 aliphatic carbocycles. The topological polar surface area (TPSA) is 80.9 Å². The van der Waals surface area contributed by atoms with Gasteiger partial charge in [-0.3, -0.25) is 0 Å². The first-order chi connectivity index (χ1) is 13.7. The van der Waals surface area contributed by atoms with Crippen LogP contribution in [0, 0.1) is 0 Å². The fourth-order valence-corrected chi connectivity index (χ4v) is 2.86. The van der Waals surface area contributed by atoms with Crippen molar-refractivity contribution in [2.45, 2.75) is 46.8 Å². The zero-order valence-electron chi connectivity index (χ0n) is 17.4. The van der Waals surface area contributed by atoms with E-state index in [1.54, 1.807) is 7.11 Å². The average Bonchev–Trinajstić information content (AvgIpc) is 3.13. The number of ether oxygens (including phenoxy) is 2. The Bertz CT molecular complexity index is 722. The quantitative estimate of drug-likeness (QED) is 0.350. The van der Waals surface area contributed by atoms with Gasteiger partial charge in [0.15, 0.2) is 5.96 Å². The van der Waals surface area contributed by atoms with Gasteiger partial charge in [0.05, 0.1) is 32.6 Å². The molecule has 1 heterocycles. The highest BCUT2D eigenvalue weighted by Gasteiger charge is 2.13. The second-order valence-corrected chi connectivity index (χ2v) is 6.22. The summed E-state index contributed by atoms with van der Waals surface area (Å²) in [6.45, 7) is 9.26. The highest BCUT2D eigenvalue weighted by Crippen LogP contribution is 2.18. The summed E-state index contributed by atoms with van der Waals surface area (Å²) in [6.07, 6.45) is 1.66. The number of nitrogens with zero attached hydrogens (tertiary/aromatic N) is 2. The maximum atomic E-state index is 5.76. The zero-order valence-corrected chi connectivity index (χ0v) is 17.4. The summed E-state index contributed by atoms with van der Waals surface area (Å²) >= 11 is 0. The lowest BCUT2D eigenvalue weighted by atomic mass is 10.1. The summed E-state index contributed by atoms with van der Waals surface area (Å²) in [4.78, 5) is 4.68. The molecule has 2 rings (SSSR count). The second-order valence-electron chi connectivity index (χ2n) is 6.22. The molecule has 1 aromatic carbocycles. The molecule has 0 aliphatic heterocycles. The minimum atomic E-state index is 0.514. The predicted molar refractivity (Wildman–Crippen MR) is 111 cm³/mol. The highest BCUT2D eigenvalue weighted by molar-refractivity contribution is 5.79. The lowest BCUT2D eigenvalue weighted by Gasteiger charge is -2.12. The molecule has 7 nitrogen and oxygen atoms in total. The Labute approximate surface area is 167 Å². The Morgan fingerprint density at radius 2 is 1.96 bits per heavy atom. The van der Waals surface area contributed by atoms with Gasteiger partial charge < -0.3 is 24.6 Å². The molecule has 0 radical (unpaired) electrons. The molecule has 2 N–H and O–H groups in total. The van der Waals surface area contributed by atoms with E-state index in [-0.39, 0.29) is 0 Å². The molecule has 28 heavy (non-hydrogen) atoms. The molecule has 0 bridgehead atoms. The van der Waals surface area contributed by atoms with Crippen LogP contribution in [0.5, 0.6) is 5.75 Å². The van der Waals surface area contributed by atoms with E-state index < -0.39 is 0 Å². The molecule has 0 fully saturated rings. The van der Waals surface area contributed by atoms with E-state index in [1.807, 2.05) is 31.2 Å². The van der Waals surface area contributed by atoms with Gasteiger partial charge in [-0.1, -0.05) is 37.2 Å². The number of aromatic nitrogens is 1. The number of benzene rings is 1. The third kappa shape index (κ3) is 6.27. The van der Waals surface area contributed by atoms with Crippen LogP contribution < -0.4 is 15.4 Å². The zero-order chi connectivity index (χ0) is 20.2. The molecule has 0 atom stereocenters. The van der Waals surface area contributed by atoms with Crippen LogP contribution in [0.4, 0.5) is 0 Å². The summed E-state index contributed by atoms with van der Waals surface area (Å²) < 4.78 is 16.5. The lowest BCUT2D eigenvalue weighted by Crippen LogP contribution is -2.39. The largest absolute Gasteiger partial charge is 0.496 e. The van der Waals surface area contributed by atoms with Gasteiger partial charge in [0.2, 0.25) is 0 Å². The van der Waals surface area contributed by atoms with Crippen molar-refractivity contribution in [1.29, 1.82) is 0 Å². The third-order valence-electron chi connectivity index (χ3n) is 4.34. The van der Waals surface area contributed by atoms with Crippen molar-refractivity contribution in [3.8, 4) is 5.75 Å². The maximum Gasteiger partial charge on any atom is 0.191 e. The first kappa shape index (κ1) is 21.8. The monoisotopic (exact) mass is 388 g/mol. The van der Waals surface area contributed by atoms with Gasteiger partial charge in [0.25, 0.3) is 0 Å². The average molecular weight is 389 g/mol. The number of nitrogens with one attached hydrogen (secondary N) is 2. The molecule has 0 unspecified atom stereocenters. The minimum absolute atomic E-state index is 0.514. The Morgan fingerprint density at radius 1 is 1.14 bits per heavy atom. The van der Waals surface area contributed by atoms with E-state index in [0.29, 0.717) is 26.3 Å². The van der Waals surface area contributed by atoms with Gasteiger partial charge in [0, 0.05) is 30.6 Å². The van der Waals surface area contributed by atoms with E-state index in [0.717, 1.165) is 53.7 Å². The van der Waals surface area contributed by atoms with Gasteiger partial charge in [-0.25, -0.2) is 4.99 Å². The molecule has 2 aromatic rings. The highest BCUT2D eigenvalue weighted by atomic mass is 16.5. The number of hydrogen-bond acceptors (Lipinski definition) is 5. The van der Waals surface area contributed by atoms with Crippen LogP contribution in [0.15, 0.2) is 33.8 Å². The lowest BCUT2D eigenvalue weighted by molar-refractivity contribution is 0.123. The normalized spacial score (nSPS) is 11.5. The number of guanidine groups is 1. The Kier molecular flexibility index (Phi) is 9.34. The van der Waals surface area contributed by atoms with Gasteiger partial charge in [-0.05, 0) is 19.4 Å². The number of hydrogen-bond donors (Lipinski definition) is 2. The third-order valence-corrected chi connectivity index (χ3v) is 4.34. The van der Waals surface area contributed by atoms with Gasteiger partial charge in [-0.15, -0.1) is 0 Å². The molecule has 0 aliphatic rings. The van der Waals surface area contributed by atoms with Crippen LogP contribution in [0.25, 0.3) is 0 Å². The van der Waals surface area contributed by atoms with Crippen molar-refractivity contribution < 1.29 is 14.0 Å². The summed E-state index contributed by atoms with van der Waals surface area (Å²) in [6, 6.07) is 7.88. The fourth-order valence-electron chi connectivity index (χ4n) is 2.86. The summed E-state index contributed by atoms with van der Waals surface area (Å²) in [7, 11) is 1.67. The van der Waals surface area contributed by atoms with E-state index >= 15 is 0 Å². The summed E-state index contributed by atoms with van der Waals surface area (Å²) in [5.74, 6) is 2.52. The smallest absolute Gasteiger partial charge is 0.191 e. The predicted octanol–water partition coefficient (Wildman–Crippen LogP) is 3.08. The van der Waals surface area contributed by atoms with E-state index in [2.05, 4.69) is 34.6 Å². The molecule has 7 heteroatoms. The van der Waals surface area contributed by atoms with Crippen molar-refractivity contribution in [2.75, 3.05) is 26.8 Å². The number of rotatable bonds is 11. The van der Waals surface area contributed by atoms with E-state index in [4.69, 9.17) is 14.0 Å². The van der Waals surface area contributed by atoms with Crippen molar-refractivity contribution in [3.05, 3.63) is 46.8 Å². The fraction of sp³-hybridized carbons (Fsp3) is 0.524. The molecular formula is C21H32N4O3. The van der Waals surface area contributed by atoms with Crippen molar-refractivity contribution in [1.82, 2.24) is 15.8 Å². The molecule has 0 saturated heterocycles. The standard InChI is InChI=1S/C21H32N4O3/c1-5-18-17(19(6-2)28-25-18)14-24-21(22-7-3)23-12-13-27-15-16-10-8-9-11-20(16)26-4/h8-11H,5-7,12-15H2,1-4H3,(H2,22,23,24). The SMILES string of the molecule is CCNC(=NCc1c(CC)noc1CC)NCCOCc1ccccc1OC. The van der Waals surface area contributed by atoms with Crippen LogP contribution >= 0.6 is 0 Å². The van der Waals surface area contributed by atoms with Crippen LogP contribution in [0.2, 0.25) is 0 Å². The van der Waals surface area contributed by atoms with Crippen LogP contribution in [-0.2, 0) is 30.7 Å². The van der Waals surface area contributed by atoms with Gasteiger partial charge in [-0.2, -0.15) is 0 Å². The van der Waals surface area contributed by atoms with Crippen LogP contribution in [-0.4, -0.2) is 37.9 Å². The number of aryl methyl sites for hydroxylation is 2. The number of aliphatic imine (C=N–C) groups is 1.